The Labute approximate surface area is 141 Å². The minimum absolute atomic E-state index is 0.222. The van der Waals surface area contributed by atoms with Gasteiger partial charge in [-0.3, -0.25) is 4.90 Å². The van der Waals surface area contributed by atoms with Crippen LogP contribution < -0.4 is 5.32 Å². The summed E-state index contributed by atoms with van der Waals surface area (Å²) in [7, 11) is 0. The summed E-state index contributed by atoms with van der Waals surface area (Å²) in [4.78, 5) is 3.80. The first-order valence-corrected chi connectivity index (χ1v) is 8.86. The van der Waals surface area contributed by atoms with Crippen LogP contribution in [0.1, 0.15) is 11.6 Å². The fourth-order valence-corrected chi connectivity index (χ4v) is 4.65. The Bertz CT molecular complexity index is 538. The van der Waals surface area contributed by atoms with E-state index in [1.165, 1.54) is 10.5 Å². The van der Waals surface area contributed by atoms with Gasteiger partial charge in [-0.15, -0.1) is 0 Å². The molecule has 4 atom stereocenters. The summed E-state index contributed by atoms with van der Waals surface area (Å²) in [5.41, 5.74) is 1.27. The van der Waals surface area contributed by atoms with Crippen LogP contribution in [0.3, 0.4) is 0 Å². The fourth-order valence-electron chi connectivity index (χ4n) is 4.65. The molecule has 0 aromatic heterocycles. The van der Waals surface area contributed by atoms with E-state index in [0.717, 1.165) is 32.8 Å². The lowest BCUT2D eigenvalue weighted by Crippen LogP contribution is -2.49. The van der Waals surface area contributed by atoms with Gasteiger partial charge < -0.3 is 10.1 Å². The van der Waals surface area contributed by atoms with E-state index in [1.54, 1.807) is 0 Å². The highest BCUT2D eigenvalue weighted by Crippen LogP contribution is 2.40. The number of hydrogen-bond acceptors (Lipinski definition) is 4. The van der Waals surface area contributed by atoms with Crippen molar-refractivity contribution in [2.24, 2.45) is 11.8 Å². The number of ether oxygens (including phenoxy) is 1. The third-order valence-corrected chi connectivity index (χ3v) is 5.79. The molecular weight excluding hydrogens is 312 g/mol. The first kappa shape index (κ1) is 16.4. The summed E-state index contributed by atoms with van der Waals surface area (Å²) in [5, 5.41) is 3.66. The number of hydrogen-bond donors (Lipinski definition) is 1. The quantitative estimate of drug-likeness (QED) is 0.848. The van der Waals surface area contributed by atoms with Gasteiger partial charge in [0.1, 0.15) is 0 Å². The van der Waals surface area contributed by atoms with Crippen molar-refractivity contribution >= 4 is 0 Å². The molecule has 4 unspecified atom stereocenters. The van der Waals surface area contributed by atoms with Crippen molar-refractivity contribution in [1.82, 2.24) is 15.1 Å². The van der Waals surface area contributed by atoms with Gasteiger partial charge in [-0.25, -0.2) is 4.90 Å². The maximum Gasteiger partial charge on any atom is 0.294 e. The van der Waals surface area contributed by atoms with Crippen molar-refractivity contribution in [2.75, 3.05) is 45.9 Å². The minimum Gasteiger partial charge on any atom is -0.379 e. The molecule has 0 bridgehead atoms. The average Bonchev–Trinajstić information content (AvgIpc) is 3.19. The van der Waals surface area contributed by atoms with Crippen LogP contribution in [0.25, 0.3) is 0 Å². The van der Waals surface area contributed by atoms with Crippen molar-refractivity contribution in [3.63, 3.8) is 0 Å². The molecule has 0 radical (unpaired) electrons. The smallest absolute Gasteiger partial charge is 0.294 e. The molecule has 3 heterocycles. The van der Waals surface area contributed by atoms with Gasteiger partial charge in [-0.1, -0.05) is 30.3 Å². The van der Waals surface area contributed by atoms with Gasteiger partial charge in [0.05, 0.1) is 19.3 Å². The number of halogens is 2. The molecule has 1 N–H and O–H groups in total. The van der Waals surface area contributed by atoms with Crippen molar-refractivity contribution in [1.29, 1.82) is 0 Å². The highest BCUT2D eigenvalue weighted by atomic mass is 19.3. The van der Waals surface area contributed by atoms with Crippen LogP contribution in [-0.4, -0.2) is 68.3 Å². The second-order valence-corrected chi connectivity index (χ2v) is 7.09. The summed E-state index contributed by atoms with van der Waals surface area (Å²) in [6.07, 6.45) is 0. The first-order chi connectivity index (χ1) is 11.7. The lowest BCUT2D eigenvalue weighted by atomic mass is 9.86. The topological polar surface area (TPSA) is 27.7 Å². The van der Waals surface area contributed by atoms with Crippen LogP contribution in [0.15, 0.2) is 30.3 Å². The van der Waals surface area contributed by atoms with E-state index < -0.39 is 6.55 Å². The number of morpholine rings is 1. The second kappa shape index (κ2) is 7.04. The van der Waals surface area contributed by atoms with Crippen LogP contribution in [0.2, 0.25) is 0 Å². The zero-order valence-electron chi connectivity index (χ0n) is 13.8. The second-order valence-electron chi connectivity index (χ2n) is 7.09. The summed E-state index contributed by atoms with van der Waals surface area (Å²) < 4.78 is 31.8. The number of benzene rings is 1. The number of likely N-dealkylation sites (tertiary alicyclic amines) is 1. The SMILES string of the molecule is FC(F)N1CC2CNC(C(c3ccccc3)N3CCOCC3)C2C1. The average molecular weight is 337 g/mol. The first-order valence-electron chi connectivity index (χ1n) is 8.86. The molecule has 0 aliphatic carbocycles. The molecule has 0 spiro atoms. The standard InChI is InChI=1S/C18H25F2N3O/c19-18(20)23-11-14-10-21-16(15(14)12-23)17(13-4-2-1-3-5-13)22-6-8-24-9-7-22/h1-5,14-18,21H,6-12H2. The third kappa shape index (κ3) is 3.08. The van der Waals surface area contributed by atoms with Gasteiger partial charge in [-0.2, -0.15) is 8.78 Å². The molecule has 3 aliphatic rings. The Morgan fingerprint density at radius 2 is 1.79 bits per heavy atom. The van der Waals surface area contributed by atoms with Gasteiger partial charge >= 0.3 is 0 Å². The summed E-state index contributed by atoms with van der Waals surface area (Å²) in [6, 6.07) is 10.9. The Hall–Kier alpha value is -1.08. The van der Waals surface area contributed by atoms with Crippen molar-refractivity contribution in [3.8, 4) is 0 Å². The van der Waals surface area contributed by atoms with E-state index in [4.69, 9.17) is 4.74 Å². The van der Waals surface area contributed by atoms with Crippen molar-refractivity contribution in [2.45, 2.75) is 18.6 Å². The van der Waals surface area contributed by atoms with Crippen LogP contribution in [-0.2, 0) is 4.74 Å². The predicted molar refractivity (Wildman–Crippen MR) is 87.9 cm³/mol. The maximum absolute atomic E-state index is 13.1. The molecule has 0 saturated carbocycles. The third-order valence-electron chi connectivity index (χ3n) is 5.79. The molecule has 3 fully saturated rings. The number of nitrogens with one attached hydrogen (secondary N) is 1. The lowest BCUT2D eigenvalue weighted by molar-refractivity contribution is -0.0206. The highest BCUT2D eigenvalue weighted by Gasteiger charge is 2.48. The Kier molecular flexibility index (Phi) is 4.81. The zero-order chi connectivity index (χ0) is 16.5. The van der Waals surface area contributed by atoms with E-state index in [-0.39, 0.29) is 18.0 Å². The summed E-state index contributed by atoms with van der Waals surface area (Å²) in [6.45, 7) is 2.79. The number of nitrogens with zero attached hydrogens (tertiary/aromatic N) is 2. The molecule has 6 heteroatoms. The molecule has 0 amide bonds. The van der Waals surface area contributed by atoms with E-state index in [1.807, 2.05) is 6.07 Å². The molecule has 4 rings (SSSR count). The van der Waals surface area contributed by atoms with E-state index in [9.17, 15) is 8.78 Å². The monoisotopic (exact) mass is 337 g/mol. The van der Waals surface area contributed by atoms with Gasteiger partial charge in [0, 0.05) is 32.2 Å². The van der Waals surface area contributed by atoms with E-state index in [2.05, 4.69) is 34.5 Å². The fraction of sp³-hybridized carbons (Fsp3) is 0.667. The lowest BCUT2D eigenvalue weighted by Gasteiger charge is -2.40. The Balaban J connectivity index is 1.59. The Morgan fingerprint density at radius 3 is 2.50 bits per heavy atom. The number of fused-ring (bicyclic) bond motifs is 1. The molecule has 1 aromatic rings. The Morgan fingerprint density at radius 1 is 1.04 bits per heavy atom. The molecule has 3 saturated heterocycles. The van der Waals surface area contributed by atoms with Gasteiger partial charge in [-0.05, 0) is 23.9 Å². The predicted octanol–water partition coefficient (Wildman–Crippen LogP) is 1.80. The zero-order valence-corrected chi connectivity index (χ0v) is 13.8. The van der Waals surface area contributed by atoms with Crippen LogP contribution >= 0.6 is 0 Å². The normalized spacial score (nSPS) is 33.0. The maximum atomic E-state index is 13.1. The highest BCUT2D eigenvalue weighted by molar-refractivity contribution is 5.23. The van der Waals surface area contributed by atoms with Crippen molar-refractivity contribution in [3.05, 3.63) is 35.9 Å². The molecule has 4 nitrogen and oxygen atoms in total. The van der Waals surface area contributed by atoms with Gasteiger partial charge in [0.15, 0.2) is 0 Å². The van der Waals surface area contributed by atoms with Crippen LogP contribution in [0.4, 0.5) is 8.78 Å². The summed E-state index contributed by atoms with van der Waals surface area (Å²) >= 11 is 0. The van der Waals surface area contributed by atoms with Gasteiger partial charge in [0.25, 0.3) is 6.55 Å². The van der Waals surface area contributed by atoms with Crippen molar-refractivity contribution < 1.29 is 13.5 Å². The van der Waals surface area contributed by atoms with E-state index >= 15 is 0 Å². The minimum atomic E-state index is -2.34. The molecular formula is C18H25F2N3O. The summed E-state index contributed by atoms with van der Waals surface area (Å²) in [5.74, 6) is 0.614. The number of rotatable bonds is 4. The largest absolute Gasteiger partial charge is 0.379 e. The molecule has 1 aromatic carbocycles. The van der Waals surface area contributed by atoms with E-state index in [0.29, 0.717) is 19.0 Å². The molecule has 132 valence electrons. The molecule has 3 aliphatic heterocycles. The van der Waals surface area contributed by atoms with Gasteiger partial charge in [0.2, 0.25) is 0 Å². The van der Waals surface area contributed by atoms with Crippen LogP contribution in [0, 0.1) is 11.8 Å². The van der Waals surface area contributed by atoms with Crippen LogP contribution in [0.5, 0.6) is 0 Å². The number of alkyl halides is 2. The molecule has 24 heavy (non-hydrogen) atoms.